The van der Waals surface area contributed by atoms with Crippen LogP contribution in [0.25, 0.3) is 0 Å². The molecular weight excluding hydrogens is 284 g/mol. The molecule has 1 saturated heterocycles. The second-order valence-electron chi connectivity index (χ2n) is 4.59. The van der Waals surface area contributed by atoms with Gasteiger partial charge in [0, 0.05) is 0 Å². The number of aliphatic hydroxyl groups excluding tert-OH is 3. The van der Waals surface area contributed by atoms with Crippen LogP contribution in [0.15, 0.2) is 18.2 Å². The van der Waals surface area contributed by atoms with Crippen LogP contribution < -0.4 is 10.1 Å². The Morgan fingerprint density at radius 2 is 2.10 bits per heavy atom. The predicted octanol–water partition coefficient (Wildman–Crippen LogP) is -0.546. The normalized spacial score (nSPS) is 29.0. The van der Waals surface area contributed by atoms with Crippen LogP contribution in [0, 0.1) is 10.1 Å². The van der Waals surface area contributed by atoms with Crippen LogP contribution in [-0.4, -0.2) is 58.5 Å². The summed E-state index contributed by atoms with van der Waals surface area (Å²) in [6.07, 6.45) is -5.09. The second kappa shape index (κ2) is 6.22. The number of anilines is 1. The number of aliphatic hydroxyl groups is 3. The summed E-state index contributed by atoms with van der Waals surface area (Å²) in [5.41, 5.74) is -0.154. The van der Waals surface area contributed by atoms with Gasteiger partial charge in [-0.1, -0.05) is 0 Å². The summed E-state index contributed by atoms with van der Waals surface area (Å²) < 4.78 is 10.1. The molecule has 21 heavy (non-hydrogen) atoms. The number of ether oxygens (including phenoxy) is 2. The van der Waals surface area contributed by atoms with Crippen LogP contribution in [0.2, 0.25) is 0 Å². The molecule has 0 unspecified atom stereocenters. The molecular formula is C12H16N2O7. The van der Waals surface area contributed by atoms with Crippen molar-refractivity contribution in [3.8, 4) is 5.75 Å². The third-order valence-corrected chi connectivity index (χ3v) is 3.20. The summed E-state index contributed by atoms with van der Waals surface area (Å²) in [6.45, 7) is -0.195. The van der Waals surface area contributed by atoms with E-state index in [1.807, 2.05) is 0 Å². The first kappa shape index (κ1) is 15.4. The predicted molar refractivity (Wildman–Crippen MR) is 71.0 cm³/mol. The summed E-state index contributed by atoms with van der Waals surface area (Å²) in [5.74, 6) is 0.313. The van der Waals surface area contributed by atoms with Gasteiger partial charge in [-0.2, -0.15) is 0 Å². The van der Waals surface area contributed by atoms with Crippen LogP contribution >= 0.6 is 0 Å². The van der Waals surface area contributed by atoms with Crippen molar-refractivity contribution in [1.82, 2.24) is 0 Å². The Morgan fingerprint density at radius 3 is 2.71 bits per heavy atom. The summed E-state index contributed by atoms with van der Waals surface area (Å²) in [7, 11) is 1.39. The van der Waals surface area contributed by atoms with Crippen LogP contribution in [0.5, 0.6) is 5.75 Å². The molecule has 4 atom stereocenters. The van der Waals surface area contributed by atoms with E-state index in [2.05, 4.69) is 5.32 Å². The number of nitrogens with one attached hydrogen (secondary N) is 1. The number of benzene rings is 1. The van der Waals surface area contributed by atoms with Crippen molar-refractivity contribution in [3.05, 3.63) is 28.3 Å². The molecule has 0 spiro atoms. The lowest BCUT2D eigenvalue weighted by atomic mass is 10.0. The van der Waals surface area contributed by atoms with Gasteiger partial charge in [0.05, 0.1) is 24.7 Å². The highest BCUT2D eigenvalue weighted by atomic mass is 16.6. The van der Waals surface area contributed by atoms with Gasteiger partial charge in [0.15, 0.2) is 6.23 Å². The average molecular weight is 300 g/mol. The molecule has 0 aliphatic carbocycles. The molecule has 9 nitrogen and oxygen atoms in total. The zero-order chi connectivity index (χ0) is 15.6. The van der Waals surface area contributed by atoms with Gasteiger partial charge in [-0.15, -0.1) is 0 Å². The molecule has 0 saturated carbocycles. The molecule has 0 radical (unpaired) electrons. The van der Waals surface area contributed by atoms with Gasteiger partial charge in [0.2, 0.25) is 0 Å². The highest BCUT2D eigenvalue weighted by Gasteiger charge is 2.38. The number of nitrogens with zero attached hydrogens (tertiary/aromatic N) is 1. The van der Waals surface area contributed by atoms with Crippen LogP contribution in [-0.2, 0) is 4.74 Å². The minimum Gasteiger partial charge on any atom is -0.496 e. The van der Waals surface area contributed by atoms with E-state index in [0.717, 1.165) is 0 Å². The summed E-state index contributed by atoms with van der Waals surface area (Å²) >= 11 is 0. The molecule has 1 aliphatic heterocycles. The standard InChI is InChI=1S/C12H16N2O7/c1-20-6-2-3-7(8(4-6)14(18)19)13-12-11(17)10(16)9(15)5-21-12/h2-4,9-13,15-17H,5H2,1H3/t9-,10-,11-,12+/m0/s1. The van der Waals surface area contributed by atoms with Crippen molar-refractivity contribution < 1.29 is 29.7 Å². The molecule has 0 aromatic heterocycles. The van der Waals surface area contributed by atoms with Gasteiger partial charge in [0.1, 0.15) is 29.7 Å². The SMILES string of the molecule is COc1ccc(N[C@@H]2OC[C@H](O)[C@H](O)[C@@H]2O)c([N+](=O)[O-])c1. The summed E-state index contributed by atoms with van der Waals surface area (Å²) in [4.78, 5) is 10.4. The largest absolute Gasteiger partial charge is 0.496 e. The van der Waals surface area contributed by atoms with Gasteiger partial charge in [0.25, 0.3) is 5.69 Å². The van der Waals surface area contributed by atoms with Gasteiger partial charge in [-0.25, -0.2) is 0 Å². The number of nitro benzene ring substituents is 1. The third-order valence-electron chi connectivity index (χ3n) is 3.20. The minimum absolute atomic E-state index is 0.105. The fourth-order valence-electron chi connectivity index (χ4n) is 2.00. The highest BCUT2D eigenvalue weighted by molar-refractivity contribution is 5.64. The van der Waals surface area contributed by atoms with Crippen molar-refractivity contribution in [1.29, 1.82) is 0 Å². The maximum Gasteiger partial charge on any atom is 0.296 e. The van der Waals surface area contributed by atoms with Gasteiger partial charge >= 0.3 is 0 Å². The van der Waals surface area contributed by atoms with Crippen molar-refractivity contribution in [2.24, 2.45) is 0 Å². The smallest absolute Gasteiger partial charge is 0.296 e. The van der Waals surface area contributed by atoms with Crippen LogP contribution in [0.3, 0.4) is 0 Å². The average Bonchev–Trinajstić information content (AvgIpc) is 2.48. The Morgan fingerprint density at radius 1 is 1.38 bits per heavy atom. The Kier molecular flexibility index (Phi) is 4.58. The molecule has 1 aromatic rings. The van der Waals surface area contributed by atoms with E-state index in [9.17, 15) is 25.4 Å². The number of methoxy groups -OCH3 is 1. The van der Waals surface area contributed by atoms with E-state index < -0.39 is 29.5 Å². The molecule has 116 valence electrons. The zero-order valence-electron chi connectivity index (χ0n) is 11.2. The lowest BCUT2D eigenvalue weighted by Crippen LogP contribution is -2.55. The molecule has 0 amide bonds. The number of hydrogen-bond donors (Lipinski definition) is 4. The maximum absolute atomic E-state index is 11.0. The van der Waals surface area contributed by atoms with E-state index in [1.165, 1.54) is 25.3 Å². The number of nitro groups is 1. The molecule has 1 heterocycles. The maximum atomic E-state index is 11.0. The lowest BCUT2D eigenvalue weighted by Gasteiger charge is -2.35. The van der Waals surface area contributed by atoms with Gasteiger partial charge in [-0.05, 0) is 12.1 Å². The van der Waals surface area contributed by atoms with Crippen molar-refractivity contribution in [2.75, 3.05) is 19.0 Å². The second-order valence-corrected chi connectivity index (χ2v) is 4.59. The van der Waals surface area contributed by atoms with Gasteiger partial charge in [-0.3, -0.25) is 10.1 Å². The Hall–Kier alpha value is -1.94. The topological polar surface area (TPSA) is 134 Å². The molecule has 1 fully saturated rings. The molecule has 1 aliphatic rings. The quantitative estimate of drug-likeness (QED) is 0.430. The fourth-order valence-corrected chi connectivity index (χ4v) is 2.00. The number of hydrogen-bond acceptors (Lipinski definition) is 8. The first-order valence-electron chi connectivity index (χ1n) is 6.19. The van der Waals surface area contributed by atoms with E-state index >= 15 is 0 Å². The molecule has 0 bridgehead atoms. The lowest BCUT2D eigenvalue weighted by molar-refractivity contribution is -0.384. The molecule has 9 heteroatoms. The molecule has 4 N–H and O–H groups in total. The Bertz CT molecular complexity index is 524. The summed E-state index contributed by atoms with van der Waals surface area (Å²) in [5, 5.41) is 42.4. The fraction of sp³-hybridized carbons (Fsp3) is 0.500. The van der Waals surface area contributed by atoms with E-state index in [0.29, 0.717) is 5.75 Å². The van der Waals surface area contributed by atoms with E-state index in [-0.39, 0.29) is 18.0 Å². The Balaban J connectivity index is 2.21. The summed E-state index contributed by atoms with van der Waals surface area (Å²) in [6, 6.07) is 4.14. The van der Waals surface area contributed by atoms with Gasteiger partial charge < -0.3 is 30.1 Å². The first-order chi connectivity index (χ1) is 9.93. The van der Waals surface area contributed by atoms with Crippen LogP contribution in [0.1, 0.15) is 0 Å². The van der Waals surface area contributed by atoms with Crippen molar-refractivity contribution in [3.63, 3.8) is 0 Å². The van der Waals surface area contributed by atoms with E-state index in [4.69, 9.17) is 9.47 Å². The highest BCUT2D eigenvalue weighted by Crippen LogP contribution is 2.30. The third kappa shape index (κ3) is 3.22. The molecule has 2 rings (SSSR count). The molecule has 1 aromatic carbocycles. The monoisotopic (exact) mass is 300 g/mol. The number of rotatable bonds is 4. The van der Waals surface area contributed by atoms with Crippen LogP contribution in [0.4, 0.5) is 11.4 Å². The van der Waals surface area contributed by atoms with E-state index in [1.54, 1.807) is 0 Å². The minimum atomic E-state index is -1.42. The first-order valence-corrected chi connectivity index (χ1v) is 6.19. The van der Waals surface area contributed by atoms with Crippen molar-refractivity contribution in [2.45, 2.75) is 24.5 Å². The van der Waals surface area contributed by atoms with Crippen molar-refractivity contribution >= 4 is 11.4 Å². The Labute approximate surface area is 119 Å². The zero-order valence-corrected chi connectivity index (χ0v) is 11.2.